The topological polar surface area (TPSA) is 74.5 Å². The van der Waals surface area contributed by atoms with Crippen LogP contribution in [0.5, 0.6) is 11.5 Å². The third-order valence-electron chi connectivity index (χ3n) is 6.29. The lowest BCUT2D eigenvalue weighted by molar-refractivity contribution is 0.0357. The summed E-state index contributed by atoms with van der Waals surface area (Å²) in [6, 6.07) is 13.1. The molecule has 3 heterocycles. The number of hydrogen-bond donors (Lipinski definition) is 0. The van der Waals surface area contributed by atoms with Crippen LogP contribution >= 0.6 is 0 Å². The summed E-state index contributed by atoms with van der Waals surface area (Å²) in [5.74, 6) is 1.15. The number of hydrogen-bond acceptors (Lipinski definition) is 7. The quantitative estimate of drug-likeness (QED) is 0.291. The van der Waals surface area contributed by atoms with Gasteiger partial charge in [0.2, 0.25) is 0 Å². The number of ether oxygens (including phenoxy) is 3. The molecule has 0 amide bonds. The molecule has 1 fully saturated rings. The third-order valence-corrected chi connectivity index (χ3v) is 6.29. The van der Waals surface area contributed by atoms with E-state index in [-0.39, 0.29) is 0 Å². The van der Waals surface area contributed by atoms with Gasteiger partial charge in [0, 0.05) is 48.4 Å². The van der Waals surface area contributed by atoms with E-state index < -0.39 is 13.0 Å². The van der Waals surface area contributed by atoms with Crippen molar-refractivity contribution in [3.05, 3.63) is 55.0 Å². The molecule has 1 aliphatic rings. The van der Waals surface area contributed by atoms with E-state index in [1.54, 1.807) is 13.3 Å². The molecular formula is C27H29F2N5O3. The van der Waals surface area contributed by atoms with Crippen molar-refractivity contribution in [3.63, 3.8) is 0 Å². The Morgan fingerprint density at radius 3 is 2.59 bits per heavy atom. The Hall–Kier alpha value is -3.63. The lowest BCUT2D eigenvalue weighted by atomic mass is 10.0. The van der Waals surface area contributed by atoms with Crippen LogP contribution in [0.3, 0.4) is 0 Å². The van der Waals surface area contributed by atoms with Gasteiger partial charge in [-0.3, -0.25) is 9.58 Å². The largest absolute Gasteiger partial charge is 0.493 e. The van der Waals surface area contributed by atoms with Crippen LogP contribution in [0.25, 0.3) is 33.4 Å². The molecule has 0 bridgehead atoms. The molecule has 10 heteroatoms. The van der Waals surface area contributed by atoms with Gasteiger partial charge in [-0.25, -0.2) is 18.7 Å². The van der Waals surface area contributed by atoms with E-state index >= 15 is 0 Å². The van der Waals surface area contributed by atoms with Gasteiger partial charge in [0.1, 0.15) is 18.6 Å². The van der Waals surface area contributed by atoms with Gasteiger partial charge in [0.25, 0.3) is 6.43 Å². The molecule has 0 aliphatic carbocycles. The molecule has 0 saturated carbocycles. The fourth-order valence-corrected chi connectivity index (χ4v) is 4.48. The van der Waals surface area contributed by atoms with Crippen molar-refractivity contribution >= 4 is 10.9 Å². The molecule has 2 aromatic carbocycles. The molecule has 0 spiro atoms. The van der Waals surface area contributed by atoms with E-state index in [2.05, 4.69) is 20.0 Å². The molecule has 37 heavy (non-hydrogen) atoms. The second-order valence-electron chi connectivity index (χ2n) is 8.77. The fourth-order valence-electron chi connectivity index (χ4n) is 4.48. The maximum atomic E-state index is 13.2. The SMILES string of the molecule is COc1cc2ncnc(-c3cn(CC(F)F)nc3-c3ccccc3)c2cc1OCCCN1CCOCC1. The van der Waals surface area contributed by atoms with Crippen LogP contribution in [0.4, 0.5) is 8.78 Å². The summed E-state index contributed by atoms with van der Waals surface area (Å²) in [7, 11) is 1.59. The normalized spacial score (nSPS) is 14.4. The first-order valence-electron chi connectivity index (χ1n) is 12.3. The number of benzene rings is 2. The fraction of sp³-hybridized carbons (Fsp3) is 0.370. The number of alkyl halides is 2. The zero-order chi connectivity index (χ0) is 25.6. The van der Waals surface area contributed by atoms with E-state index in [1.807, 2.05) is 42.5 Å². The molecular weight excluding hydrogens is 480 g/mol. The molecule has 8 nitrogen and oxygen atoms in total. The first kappa shape index (κ1) is 25.0. The minimum absolute atomic E-state index is 0.506. The van der Waals surface area contributed by atoms with Crippen molar-refractivity contribution in [2.75, 3.05) is 46.6 Å². The van der Waals surface area contributed by atoms with Crippen molar-refractivity contribution in [2.45, 2.75) is 19.4 Å². The first-order chi connectivity index (χ1) is 18.1. The average molecular weight is 510 g/mol. The van der Waals surface area contributed by atoms with Crippen molar-refractivity contribution in [3.8, 4) is 34.0 Å². The molecule has 5 rings (SSSR count). The van der Waals surface area contributed by atoms with E-state index in [1.165, 1.54) is 11.0 Å². The van der Waals surface area contributed by atoms with Crippen LogP contribution in [0.2, 0.25) is 0 Å². The van der Waals surface area contributed by atoms with Gasteiger partial charge in [0.05, 0.1) is 38.1 Å². The van der Waals surface area contributed by atoms with Crippen molar-refractivity contribution < 1.29 is 23.0 Å². The van der Waals surface area contributed by atoms with Crippen LogP contribution < -0.4 is 9.47 Å². The Balaban J connectivity index is 1.48. The summed E-state index contributed by atoms with van der Waals surface area (Å²) in [4.78, 5) is 11.3. The zero-order valence-electron chi connectivity index (χ0n) is 20.6. The highest BCUT2D eigenvalue weighted by molar-refractivity contribution is 5.97. The second-order valence-corrected chi connectivity index (χ2v) is 8.77. The number of halogens is 2. The molecule has 2 aromatic heterocycles. The molecule has 0 atom stereocenters. The number of methoxy groups -OCH3 is 1. The highest BCUT2D eigenvalue weighted by Crippen LogP contribution is 2.38. The van der Waals surface area contributed by atoms with Crippen LogP contribution in [-0.4, -0.2) is 77.6 Å². The average Bonchev–Trinajstić information content (AvgIpc) is 3.34. The van der Waals surface area contributed by atoms with E-state index in [0.717, 1.165) is 50.2 Å². The van der Waals surface area contributed by atoms with Crippen molar-refractivity contribution in [1.82, 2.24) is 24.6 Å². The van der Waals surface area contributed by atoms with E-state index in [4.69, 9.17) is 14.2 Å². The molecule has 194 valence electrons. The van der Waals surface area contributed by atoms with Crippen LogP contribution in [0.1, 0.15) is 6.42 Å². The Kier molecular flexibility index (Phi) is 7.86. The predicted molar refractivity (Wildman–Crippen MR) is 136 cm³/mol. The monoisotopic (exact) mass is 509 g/mol. The first-order valence-corrected chi connectivity index (χ1v) is 12.3. The standard InChI is InChI=1S/C27H29F2N5O3/c1-35-23-15-22-20(14-24(23)37-11-5-8-33-9-12-36-13-10-33)27(31-18-30-22)21-16-34(17-25(28)29)32-26(21)19-6-3-2-4-7-19/h2-4,6-7,14-16,18,25H,5,8-13,17H2,1H3. The van der Waals surface area contributed by atoms with E-state index in [9.17, 15) is 8.78 Å². The summed E-state index contributed by atoms with van der Waals surface area (Å²) >= 11 is 0. The van der Waals surface area contributed by atoms with Gasteiger partial charge in [-0.1, -0.05) is 30.3 Å². The maximum absolute atomic E-state index is 13.2. The summed E-state index contributed by atoms with van der Waals surface area (Å²) in [5.41, 5.74) is 3.27. The second kappa shape index (κ2) is 11.6. The lowest BCUT2D eigenvalue weighted by Crippen LogP contribution is -2.37. The predicted octanol–water partition coefficient (Wildman–Crippen LogP) is 4.54. The number of rotatable bonds is 10. The Bertz CT molecular complexity index is 1330. The van der Waals surface area contributed by atoms with Gasteiger partial charge in [-0.15, -0.1) is 0 Å². The lowest BCUT2D eigenvalue weighted by Gasteiger charge is -2.26. The van der Waals surface area contributed by atoms with E-state index in [0.29, 0.717) is 40.6 Å². The Labute approximate surface area is 213 Å². The number of nitrogens with zero attached hydrogens (tertiary/aromatic N) is 5. The number of aromatic nitrogens is 4. The summed E-state index contributed by atoms with van der Waals surface area (Å²) in [5, 5.41) is 5.19. The minimum Gasteiger partial charge on any atom is -0.493 e. The van der Waals surface area contributed by atoms with Gasteiger partial charge in [0.15, 0.2) is 11.5 Å². The molecule has 0 radical (unpaired) electrons. The van der Waals surface area contributed by atoms with Gasteiger partial charge in [-0.2, -0.15) is 5.10 Å². The number of fused-ring (bicyclic) bond motifs is 1. The number of morpholine rings is 1. The van der Waals surface area contributed by atoms with Gasteiger partial charge >= 0.3 is 0 Å². The highest BCUT2D eigenvalue weighted by Gasteiger charge is 2.20. The molecule has 1 saturated heterocycles. The third kappa shape index (κ3) is 5.86. The Morgan fingerprint density at radius 1 is 1.03 bits per heavy atom. The van der Waals surface area contributed by atoms with Crippen LogP contribution in [0.15, 0.2) is 55.0 Å². The highest BCUT2D eigenvalue weighted by atomic mass is 19.3. The Morgan fingerprint density at radius 2 is 1.84 bits per heavy atom. The summed E-state index contributed by atoms with van der Waals surface area (Å²) in [6.07, 6.45) is 1.40. The zero-order valence-corrected chi connectivity index (χ0v) is 20.6. The van der Waals surface area contributed by atoms with Gasteiger partial charge < -0.3 is 14.2 Å². The van der Waals surface area contributed by atoms with Gasteiger partial charge in [-0.05, 0) is 12.5 Å². The van der Waals surface area contributed by atoms with Crippen LogP contribution in [0, 0.1) is 0 Å². The summed E-state index contributed by atoms with van der Waals surface area (Å²) < 4.78 is 44.8. The minimum atomic E-state index is -2.53. The van der Waals surface area contributed by atoms with Crippen molar-refractivity contribution in [1.29, 1.82) is 0 Å². The van der Waals surface area contributed by atoms with Crippen molar-refractivity contribution in [2.24, 2.45) is 0 Å². The molecule has 0 N–H and O–H groups in total. The van der Waals surface area contributed by atoms with Crippen LogP contribution in [-0.2, 0) is 11.3 Å². The molecule has 4 aromatic rings. The summed E-state index contributed by atoms with van der Waals surface area (Å²) in [6.45, 7) is 4.34. The smallest absolute Gasteiger partial charge is 0.257 e. The maximum Gasteiger partial charge on any atom is 0.257 e. The molecule has 0 unspecified atom stereocenters. The molecule has 1 aliphatic heterocycles.